The lowest BCUT2D eigenvalue weighted by Crippen LogP contribution is -2.04. The minimum Gasteiger partial charge on any atom is -0.260 e. The average Bonchev–Trinajstić information content (AvgIpc) is 2.03. The van der Waals surface area contributed by atoms with Gasteiger partial charge in [0.1, 0.15) is 0 Å². The van der Waals surface area contributed by atoms with Crippen molar-refractivity contribution in [3.8, 4) is 0 Å². The fourth-order valence-corrected chi connectivity index (χ4v) is 2.19. The molecule has 0 saturated carbocycles. The molecule has 0 spiro atoms. The van der Waals surface area contributed by atoms with Crippen LogP contribution in [0.25, 0.3) is 0 Å². The SMILES string of the molecule is CC(C)c1ncccc1[S@](C)(=N)=O. The molecule has 1 atom stereocenters. The van der Waals surface area contributed by atoms with E-state index in [2.05, 4.69) is 4.98 Å². The minimum atomic E-state index is -2.64. The van der Waals surface area contributed by atoms with Crippen LogP contribution in [0.1, 0.15) is 25.5 Å². The molecule has 3 nitrogen and oxygen atoms in total. The first-order valence-corrected chi connectivity index (χ1v) is 6.08. The van der Waals surface area contributed by atoms with Crippen LogP contribution >= 0.6 is 0 Å². The Kier molecular flexibility index (Phi) is 2.71. The van der Waals surface area contributed by atoms with E-state index in [0.29, 0.717) is 4.90 Å². The van der Waals surface area contributed by atoms with Crippen molar-refractivity contribution in [2.75, 3.05) is 6.26 Å². The Balaban J connectivity index is 3.37. The maximum atomic E-state index is 11.5. The first-order valence-electron chi connectivity index (χ1n) is 4.11. The maximum Gasteiger partial charge on any atom is 0.0715 e. The van der Waals surface area contributed by atoms with E-state index < -0.39 is 9.73 Å². The zero-order valence-corrected chi connectivity index (χ0v) is 8.89. The van der Waals surface area contributed by atoms with Gasteiger partial charge < -0.3 is 0 Å². The molecule has 0 amide bonds. The molecule has 0 fully saturated rings. The van der Waals surface area contributed by atoms with E-state index in [4.69, 9.17) is 4.78 Å². The molecule has 0 aromatic carbocycles. The average molecular weight is 198 g/mol. The van der Waals surface area contributed by atoms with Crippen molar-refractivity contribution in [2.24, 2.45) is 0 Å². The first-order chi connectivity index (χ1) is 5.93. The quantitative estimate of drug-likeness (QED) is 0.792. The van der Waals surface area contributed by atoms with Gasteiger partial charge in [-0.05, 0) is 18.1 Å². The van der Waals surface area contributed by atoms with Crippen LogP contribution in [0.4, 0.5) is 0 Å². The van der Waals surface area contributed by atoms with Gasteiger partial charge in [-0.3, -0.25) is 4.98 Å². The number of nitrogens with zero attached hydrogens (tertiary/aromatic N) is 1. The van der Waals surface area contributed by atoms with E-state index in [9.17, 15) is 4.21 Å². The fourth-order valence-electron chi connectivity index (χ4n) is 1.17. The van der Waals surface area contributed by atoms with Gasteiger partial charge in [0, 0.05) is 12.5 Å². The Labute approximate surface area is 79.2 Å². The van der Waals surface area contributed by atoms with Crippen LogP contribution in [0.3, 0.4) is 0 Å². The highest BCUT2D eigenvalue weighted by Crippen LogP contribution is 2.20. The lowest BCUT2D eigenvalue weighted by molar-refractivity contribution is 0.674. The highest BCUT2D eigenvalue weighted by molar-refractivity contribution is 7.91. The smallest absolute Gasteiger partial charge is 0.0715 e. The minimum absolute atomic E-state index is 0.210. The van der Waals surface area contributed by atoms with Gasteiger partial charge in [0.2, 0.25) is 0 Å². The maximum absolute atomic E-state index is 11.5. The van der Waals surface area contributed by atoms with Gasteiger partial charge in [-0.2, -0.15) is 0 Å². The summed E-state index contributed by atoms with van der Waals surface area (Å²) in [6.45, 7) is 3.97. The summed E-state index contributed by atoms with van der Waals surface area (Å²) in [5.74, 6) is 0.210. The second-order valence-corrected chi connectivity index (χ2v) is 5.51. The molecule has 0 radical (unpaired) electrons. The highest BCUT2D eigenvalue weighted by atomic mass is 32.2. The van der Waals surface area contributed by atoms with Gasteiger partial charge in [-0.25, -0.2) is 8.99 Å². The largest absolute Gasteiger partial charge is 0.260 e. The van der Waals surface area contributed by atoms with Crippen molar-refractivity contribution in [2.45, 2.75) is 24.7 Å². The first kappa shape index (κ1) is 10.2. The van der Waals surface area contributed by atoms with E-state index >= 15 is 0 Å². The predicted octanol–water partition coefficient (Wildman–Crippen LogP) is 2.24. The van der Waals surface area contributed by atoms with Gasteiger partial charge in [0.05, 0.1) is 20.3 Å². The molecule has 0 aliphatic carbocycles. The van der Waals surface area contributed by atoms with E-state index in [1.807, 2.05) is 13.8 Å². The van der Waals surface area contributed by atoms with Crippen LogP contribution in [-0.4, -0.2) is 15.4 Å². The van der Waals surface area contributed by atoms with E-state index in [0.717, 1.165) is 5.69 Å². The van der Waals surface area contributed by atoms with Crippen LogP contribution in [0.15, 0.2) is 23.2 Å². The molecule has 13 heavy (non-hydrogen) atoms. The van der Waals surface area contributed by atoms with E-state index in [1.54, 1.807) is 18.3 Å². The highest BCUT2D eigenvalue weighted by Gasteiger charge is 2.12. The Hall–Kier alpha value is -0.900. The van der Waals surface area contributed by atoms with Gasteiger partial charge in [0.25, 0.3) is 0 Å². The molecule has 4 heteroatoms. The summed E-state index contributed by atoms with van der Waals surface area (Å²) in [4.78, 5) is 4.71. The Bertz CT molecular complexity index is 396. The molecule has 1 aromatic heterocycles. The molecule has 1 heterocycles. The molecule has 0 saturated heterocycles. The summed E-state index contributed by atoms with van der Waals surface area (Å²) in [5, 5.41) is 0. The third-order valence-electron chi connectivity index (χ3n) is 1.77. The van der Waals surface area contributed by atoms with Crippen LogP contribution in [0, 0.1) is 4.78 Å². The Morgan fingerprint density at radius 1 is 1.54 bits per heavy atom. The molecular formula is C9H14N2OS. The van der Waals surface area contributed by atoms with Crippen LogP contribution in [-0.2, 0) is 9.73 Å². The van der Waals surface area contributed by atoms with Gasteiger partial charge in [-0.15, -0.1) is 0 Å². The van der Waals surface area contributed by atoms with E-state index in [-0.39, 0.29) is 5.92 Å². The third kappa shape index (κ3) is 2.28. The lowest BCUT2D eigenvalue weighted by atomic mass is 10.1. The summed E-state index contributed by atoms with van der Waals surface area (Å²) in [5.41, 5.74) is 0.769. The number of rotatable bonds is 2. The molecule has 1 N–H and O–H groups in total. The predicted molar refractivity (Wildman–Crippen MR) is 53.4 cm³/mol. The van der Waals surface area contributed by atoms with Crippen LogP contribution < -0.4 is 0 Å². The molecule has 1 aromatic rings. The van der Waals surface area contributed by atoms with E-state index in [1.165, 1.54) is 6.26 Å². The third-order valence-corrected chi connectivity index (χ3v) is 2.95. The van der Waals surface area contributed by atoms with Crippen LogP contribution in [0.2, 0.25) is 0 Å². The zero-order chi connectivity index (χ0) is 10.1. The number of aromatic nitrogens is 1. The van der Waals surface area contributed by atoms with Crippen molar-refractivity contribution in [1.29, 1.82) is 4.78 Å². The molecule has 0 aliphatic rings. The zero-order valence-electron chi connectivity index (χ0n) is 8.07. The lowest BCUT2D eigenvalue weighted by Gasteiger charge is -2.10. The van der Waals surface area contributed by atoms with Crippen molar-refractivity contribution in [1.82, 2.24) is 4.98 Å². The molecular weight excluding hydrogens is 184 g/mol. The standard InChI is InChI=1S/C9H14N2OS/c1-7(2)9-8(13(3,10)12)5-4-6-11-9/h4-7,10H,1-3H3/t13-/m1/s1. The molecule has 0 bridgehead atoms. The number of nitrogens with one attached hydrogen (secondary N) is 1. The van der Waals surface area contributed by atoms with Crippen molar-refractivity contribution >= 4 is 9.73 Å². The van der Waals surface area contributed by atoms with Crippen LogP contribution in [0.5, 0.6) is 0 Å². The normalized spacial score (nSPS) is 15.7. The Morgan fingerprint density at radius 2 is 2.15 bits per heavy atom. The number of hydrogen-bond acceptors (Lipinski definition) is 3. The molecule has 72 valence electrons. The summed E-state index contributed by atoms with van der Waals surface area (Å²) >= 11 is 0. The van der Waals surface area contributed by atoms with Gasteiger partial charge in [0.15, 0.2) is 0 Å². The second kappa shape index (κ2) is 3.46. The van der Waals surface area contributed by atoms with Crippen molar-refractivity contribution in [3.63, 3.8) is 0 Å². The van der Waals surface area contributed by atoms with Crippen molar-refractivity contribution in [3.05, 3.63) is 24.0 Å². The molecule has 1 rings (SSSR count). The fraction of sp³-hybridized carbons (Fsp3) is 0.444. The van der Waals surface area contributed by atoms with Gasteiger partial charge >= 0.3 is 0 Å². The summed E-state index contributed by atoms with van der Waals surface area (Å²) in [7, 11) is -2.64. The van der Waals surface area contributed by atoms with Gasteiger partial charge in [-0.1, -0.05) is 13.8 Å². The molecule has 0 aliphatic heterocycles. The van der Waals surface area contributed by atoms with Crippen molar-refractivity contribution < 1.29 is 4.21 Å². The summed E-state index contributed by atoms with van der Waals surface area (Å²) in [6, 6.07) is 3.44. The number of hydrogen-bond donors (Lipinski definition) is 1. The summed E-state index contributed by atoms with van der Waals surface area (Å²) in [6.07, 6.45) is 3.10. The Morgan fingerprint density at radius 3 is 2.54 bits per heavy atom. The number of pyridine rings is 1. The second-order valence-electron chi connectivity index (χ2n) is 3.39. The topological polar surface area (TPSA) is 53.8 Å². The molecule has 0 unspecified atom stereocenters. The summed E-state index contributed by atoms with van der Waals surface area (Å²) < 4.78 is 19.0. The monoisotopic (exact) mass is 198 g/mol.